The van der Waals surface area contributed by atoms with Gasteiger partial charge in [0, 0.05) is 19.7 Å². The van der Waals surface area contributed by atoms with Crippen LogP contribution in [-0.4, -0.2) is 35.2 Å². The van der Waals surface area contributed by atoms with Crippen molar-refractivity contribution in [3.8, 4) is 0 Å². The van der Waals surface area contributed by atoms with Crippen LogP contribution in [0.1, 0.15) is 12.5 Å². The second kappa shape index (κ2) is 8.50. The molecule has 0 aliphatic heterocycles. The average molecular weight is 309 g/mol. The summed E-state index contributed by atoms with van der Waals surface area (Å²) in [7, 11) is -0.157. The molecular weight excluding hydrogens is 288 g/mol. The van der Waals surface area contributed by atoms with E-state index in [0.29, 0.717) is 12.1 Å². The van der Waals surface area contributed by atoms with E-state index < -0.39 is 10.0 Å². The van der Waals surface area contributed by atoms with Crippen molar-refractivity contribution in [3.63, 3.8) is 0 Å². The van der Waals surface area contributed by atoms with Gasteiger partial charge in [0.1, 0.15) is 0 Å². The second-order valence-corrected chi connectivity index (χ2v) is 5.82. The van der Waals surface area contributed by atoms with Crippen LogP contribution in [0.15, 0.2) is 29.2 Å². The van der Waals surface area contributed by atoms with Gasteiger partial charge in [0.15, 0.2) is 0 Å². The van der Waals surface area contributed by atoms with Gasteiger partial charge in [-0.25, -0.2) is 13.1 Å². The minimum Gasteiger partial charge on any atom is -0.380 e. The SMILES string of the molecule is CNC(C)CNS(=O)(=O)c1ccccc1COC.Cl. The van der Waals surface area contributed by atoms with Crippen molar-refractivity contribution in [2.45, 2.75) is 24.5 Å². The highest BCUT2D eigenvalue weighted by molar-refractivity contribution is 7.89. The molecule has 2 N–H and O–H groups in total. The fraction of sp³-hybridized carbons (Fsp3) is 0.500. The van der Waals surface area contributed by atoms with Crippen molar-refractivity contribution in [2.75, 3.05) is 20.7 Å². The predicted octanol–water partition coefficient (Wildman–Crippen LogP) is 1.14. The third kappa shape index (κ3) is 5.46. The number of methoxy groups -OCH3 is 1. The second-order valence-electron chi connectivity index (χ2n) is 4.08. The Bertz CT molecular complexity index is 480. The van der Waals surface area contributed by atoms with E-state index in [2.05, 4.69) is 10.0 Å². The van der Waals surface area contributed by atoms with Gasteiger partial charge >= 0.3 is 0 Å². The summed E-state index contributed by atoms with van der Waals surface area (Å²) in [6.45, 7) is 2.53. The van der Waals surface area contributed by atoms with Gasteiger partial charge in [-0.15, -0.1) is 12.4 Å². The molecule has 1 aromatic carbocycles. The van der Waals surface area contributed by atoms with Gasteiger partial charge < -0.3 is 10.1 Å². The molecule has 1 atom stereocenters. The zero-order valence-corrected chi connectivity index (χ0v) is 13.0. The minimum absolute atomic E-state index is 0. The van der Waals surface area contributed by atoms with E-state index in [1.165, 1.54) is 0 Å². The highest BCUT2D eigenvalue weighted by atomic mass is 35.5. The largest absolute Gasteiger partial charge is 0.380 e. The highest BCUT2D eigenvalue weighted by Crippen LogP contribution is 2.15. The van der Waals surface area contributed by atoms with Crippen molar-refractivity contribution in [1.82, 2.24) is 10.0 Å². The van der Waals surface area contributed by atoms with E-state index in [1.54, 1.807) is 38.4 Å². The minimum atomic E-state index is -3.49. The summed E-state index contributed by atoms with van der Waals surface area (Å²) in [5.41, 5.74) is 0.657. The summed E-state index contributed by atoms with van der Waals surface area (Å²) in [6, 6.07) is 6.91. The molecule has 1 aromatic rings. The molecule has 0 radical (unpaired) electrons. The predicted molar refractivity (Wildman–Crippen MR) is 78.1 cm³/mol. The Morgan fingerprint density at radius 3 is 2.53 bits per heavy atom. The summed E-state index contributed by atoms with van der Waals surface area (Å²) in [4.78, 5) is 0.273. The van der Waals surface area contributed by atoms with E-state index in [9.17, 15) is 8.42 Å². The molecule has 0 fully saturated rings. The van der Waals surface area contributed by atoms with Crippen molar-refractivity contribution in [2.24, 2.45) is 0 Å². The summed E-state index contributed by atoms with van der Waals surface area (Å²) in [5.74, 6) is 0. The van der Waals surface area contributed by atoms with Crippen molar-refractivity contribution in [1.29, 1.82) is 0 Å². The Labute approximate surface area is 121 Å². The van der Waals surface area contributed by atoms with Crippen LogP contribution in [-0.2, 0) is 21.4 Å². The van der Waals surface area contributed by atoms with Crippen LogP contribution in [0.4, 0.5) is 0 Å². The lowest BCUT2D eigenvalue weighted by molar-refractivity contribution is 0.182. The van der Waals surface area contributed by atoms with E-state index in [0.717, 1.165) is 0 Å². The average Bonchev–Trinajstić information content (AvgIpc) is 2.37. The highest BCUT2D eigenvalue weighted by Gasteiger charge is 2.18. The first kappa shape index (κ1) is 18.3. The van der Waals surface area contributed by atoms with Gasteiger partial charge in [-0.1, -0.05) is 18.2 Å². The molecule has 0 aliphatic carbocycles. The normalized spacial score (nSPS) is 12.8. The molecule has 0 saturated heterocycles. The van der Waals surface area contributed by atoms with Crippen LogP contribution in [0, 0.1) is 0 Å². The third-order valence-electron chi connectivity index (χ3n) is 2.63. The van der Waals surface area contributed by atoms with Crippen molar-refractivity contribution in [3.05, 3.63) is 29.8 Å². The summed E-state index contributed by atoms with van der Waals surface area (Å²) >= 11 is 0. The first-order valence-electron chi connectivity index (χ1n) is 5.75. The molecule has 110 valence electrons. The van der Waals surface area contributed by atoms with E-state index >= 15 is 0 Å². The van der Waals surface area contributed by atoms with Crippen LogP contribution in [0.5, 0.6) is 0 Å². The number of sulfonamides is 1. The molecule has 5 nitrogen and oxygen atoms in total. The molecule has 0 heterocycles. The lowest BCUT2D eigenvalue weighted by Gasteiger charge is -2.14. The molecule has 0 saturated carbocycles. The summed E-state index contributed by atoms with van der Waals surface area (Å²) in [6.07, 6.45) is 0. The Kier molecular flexibility index (Phi) is 8.20. The zero-order chi connectivity index (χ0) is 13.6. The molecular formula is C12H21ClN2O3S. The number of hydrogen-bond donors (Lipinski definition) is 2. The van der Waals surface area contributed by atoms with Gasteiger partial charge in [-0.2, -0.15) is 0 Å². The van der Waals surface area contributed by atoms with Crippen LogP contribution in [0.25, 0.3) is 0 Å². The Morgan fingerprint density at radius 1 is 1.32 bits per heavy atom. The van der Waals surface area contributed by atoms with Gasteiger partial charge in [-0.05, 0) is 25.6 Å². The lowest BCUT2D eigenvalue weighted by atomic mass is 10.2. The maximum Gasteiger partial charge on any atom is 0.240 e. The van der Waals surface area contributed by atoms with Crippen LogP contribution in [0.3, 0.4) is 0 Å². The molecule has 0 aromatic heterocycles. The number of halogens is 1. The Balaban J connectivity index is 0.00000324. The molecule has 0 aliphatic rings. The van der Waals surface area contributed by atoms with E-state index in [4.69, 9.17) is 4.74 Å². The van der Waals surface area contributed by atoms with Crippen molar-refractivity contribution < 1.29 is 13.2 Å². The summed E-state index contributed by atoms with van der Waals surface area (Å²) < 4.78 is 31.9. The molecule has 7 heteroatoms. The van der Waals surface area contributed by atoms with Gasteiger partial charge in [-0.3, -0.25) is 0 Å². The topological polar surface area (TPSA) is 67.4 Å². The fourth-order valence-electron chi connectivity index (χ4n) is 1.46. The molecule has 0 bridgehead atoms. The molecule has 0 amide bonds. The molecule has 1 rings (SSSR count). The maximum absolute atomic E-state index is 12.2. The number of ether oxygens (including phenoxy) is 1. The first-order chi connectivity index (χ1) is 8.51. The molecule has 1 unspecified atom stereocenters. The maximum atomic E-state index is 12.2. The van der Waals surface area contributed by atoms with E-state index in [1.807, 2.05) is 6.92 Å². The Hall–Kier alpha value is -0.660. The number of hydrogen-bond acceptors (Lipinski definition) is 4. The van der Waals surface area contributed by atoms with Gasteiger partial charge in [0.05, 0.1) is 11.5 Å². The number of nitrogens with one attached hydrogen (secondary N) is 2. The van der Waals surface area contributed by atoms with Gasteiger partial charge in [0.25, 0.3) is 0 Å². The number of rotatable bonds is 7. The lowest BCUT2D eigenvalue weighted by Crippen LogP contribution is -2.37. The zero-order valence-electron chi connectivity index (χ0n) is 11.3. The summed E-state index contributed by atoms with van der Waals surface area (Å²) in [5, 5.41) is 2.98. The monoisotopic (exact) mass is 308 g/mol. The van der Waals surface area contributed by atoms with E-state index in [-0.39, 0.29) is 30.0 Å². The standard InChI is InChI=1S/C12H20N2O3S.ClH/c1-10(13-2)8-14-18(15,16)12-7-5-4-6-11(12)9-17-3;/h4-7,10,13-14H,8-9H2,1-3H3;1H. The Morgan fingerprint density at radius 2 is 1.95 bits per heavy atom. The first-order valence-corrected chi connectivity index (χ1v) is 7.23. The quantitative estimate of drug-likeness (QED) is 0.793. The smallest absolute Gasteiger partial charge is 0.240 e. The molecule has 0 spiro atoms. The molecule has 19 heavy (non-hydrogen) atoms. The number of benzene rings is 1. The third-order valence-corrected chi connectivity index (χ3v) is 4.16. The fourth-order valence-corrected chi connectivity index (χ4v) is 2.81. The van der Waals surface area contributed by atoms with Crippen LogP contribution in [0.2, 0.25) is 0 Å². The van der Waals surface area contributed by atoms with Gasteiger partial charge in [0.2, 0.25) is 10.0 Å². The van der Waals surface area contributed by atoms with Crippen molar-refractivity contribution >= 4 is 22.4 Å². The number of likely N-dealkylation sites (N-methyl/N-ethyl adjacent to an activating group) is 1. The van der Waals surface area contributed by atoms with Crippen LogP contribution >= 0.6 is 12.4 Å². The van der Waals surface area contributed by atoms with Crippen LogP contribution < -0.4 is 10.0 Å².